The average molecular weight is 227 g/mol. The van der Waals surface area contributed by atoms with Crippen molar-refractivity contribution in [3.05, 3.63) is 41.5 Å². The van der Waals surface area contributed by atoms with E-state index in [-0.39, 0.29) is 0 Å². The first kappa shape index (κ1) is 10.6. The molecule has 0 heterocycles. The van der Waals surface area contributed by atoms with Crippen LogP contribution >= 0.6 is 0 Å². The zero-order chi connectivity index (χ0) is 12.0. The topological polar surface area (TPSA) is 23.5 Å². The summed E-state index contributed by atoms with van der Waals surface area (Å²) >= 11 is 0. The second-order valence-corrected chi connectivity index (χ2v) is 5.11. The van der Waals surface area contributed by atoms with Gasteiger partial charge < -0.3 is 10.0 Å². The Balaban J connectivity index is 2.23. The van der Waals surface area contributed by atoms with Crippen molar-refractivity contribution in [2.45, 2.75) is 18.9 Å². The summed E-state index contributed by atoms with van der Waals surface area (Å²) in [5.74, 6) is 0.397. The zero-order valence-electron chi connectivity index (χ0n) is 10.3. The van der Waals surface area contributed by atoms with E-state index in [0.717, 1.165) is 18.2 Å². The predicted molar refractivity (Wildman–Crippen MR) is 70.5 cm³/mol. The lowest BCUT2D eigenvalue weighted by molar-refractivity contribution is 0.287. The summed E-state index contributed by atoms with van der Waals surface area (Å²) in [5, 5.41) is 12.2. The number of phenols is 1. The van der Waals surface area contributed by atoms with Crippen LogP contribution < -0.4 is 0 Å². The maximum absolute atomic E-state index is 9.90. The molecule has 1 aliphatic rings. The smallest absolute Gasteiger partial charge is 0.123 e. The van der Waals surface area contributed by atoms with Gasteiger partial charge in [-0.1, -0.05) is 24.3 Å². The highest BCUT2D eigenvalue weighted by atomic mass is 16.3. The van der Waals surface area contributed by atoms with Gasteiger partial charge >= 0.3 is 0 Å². The lowest BCUT2D eigenvalue weighted by Crippen LogP contribution is -2.34. The molecule has 2 heteroatoms. The van der Waals surface area contributed by atoms with Gasteiger partial charge in [-0.05, 0) is 49.5 Å². The molecule has 0 fully saturated rings. The number of hydrogen-bond donors (Lipinski definition) is 1. The Labute approximate surface area is 101 Å². The van der Waals surface area contributed by atoms with Crippen LogP contribution in [0.1, 0.15) is 11.1 Å². The van der Waals surface area contributed by atoms with Crippen molar-refractivity contribution in [1.29, 1.82) is 0 Å². The Bertz CT molecular complexity index is 562. The van der Waals surface area contributed by atoms with Crippen LogP contribution in [0.3, 0.4) is 0 Å². The van der Waals surface area contributed by atoms with Crippen LogP contribution in [0.5, 0.6) is 5.75 Å². The molecule has 0 spiro atoms. The molecular weight excluding hydrogens is 210 g/mol. The van der Waals surface area contributed by atoms with Crippen LogP contribution in [0.4, 0.5) is 0 Å². The maximum atomic E-state index is 9.90. The largest absolute Gasteiger partial charge is 0.507 e. The molecular formula is C15H17NO. The molecule has 0 aromatic heterocycles. The lowest BCUT2D eigenvalue weighted by atomic mass is 9.85. The number of rotatable bonds is 1. The van der Waals surface area contributed by atoms with Gasteiger partial charge in [0.15, 0.2) is 0 Å². The molecule has 0 saturated carbocycles. The fraction of sp³-hybridized carbons (Fsp3) is 0.333. The molecule has 2 nitrogen and oxygen atoms in total. The van der Waals surface area contributed by atoms with Gasteiger partial charge in [0.2, 0.25) is 0 Å². The number of nitrogens with zero attached hydrogens (tertiary/aromatic N) is 1. The SMILES string of the molecule is CN(C)C1Cc2cccc3c(O)ccc(c23)C1. The Morgan fingerprint density at radius 1 is 1.06 bits per heavy atom. The van der Waals surface area contributed by atoms with Crippen LogP contribution in [0, 0.1) is 0 Å². The minimum absolute atomic E-state index is 0.397. The van der Waals surface area contributed by atoms with E-state index in [1.807, 2.05) is 18.2 Å². The molecule has 2 aromatic rings. The molecule has 17 heavy (non-hydrogen) atoms. The highest BCUT2D eigenvalue weighted by Crippen LogP contribution is 2.35. The first-order chi connectivity index (χ1) is 8.16. The summed E-state index contributed by atoms with van der Waals surface area (Å²) in [4.78, 5) is 2.29. The zero-order valence-corrected chi connectivity index (χ0v) is 10.3. The molecule has 88 valence electrons. The van der Waals surface area contributed by atoms with E-state index in [9.17, 15) is 5.11 Å². The van der Waals surface area contributed by atoms with Gasteiger partial charge in [-0.25, -0.2) is 0 Å². The summed E-state index contributed by atoms with van der Waals surface area (Å²) < 4.78 is 0. The van der Waals surface area contributed by atoms with Crippen LogP contribution in [0.2, 0.25) is 0 Å². The van der Waals surface area contributed by atoms with Crippen molar-refractivity contribution < 1.29 is 5.11 Å². The highest BCUT2D eigenvalue weighted by molar-refractivity contribution is 5.94. The van der Waals surface area contributed by atoms with Crippen LogP contribution in [0.15, 0.2) is 30.3 Å². The molecule has 0 bridgehead atoms. The normalized spacial score (nSPS) is 18.9. The average Bonchev–Trinajstić information content (AvgIpc) is 2.33. The molecule has 0 amide bonds. The Morgan fingerprint density at radius 3 is 2.47 bits per heavy atom. The van der Waals surface area contributed by atoms with Crippen LogP contribution in [-0.2, 0) is 12.8 Å². The monoisotopic (exact) mass is 227 g/mol. The Hall–Kier alpha value is -1.54. The standard InChI is InChI=1S/C15H17NO/c1-16(2)12-8-10-4-3-5-13-14(17)7-6-11(9-12)15(10)13/h3-7,12,17H,8-9H2,1-2H3. The molecule has 1 unspecified atom stereocenters. The molecule has 3 rings (SSSR count). The third-order valence-corrected chi connectivity index (χ3v) is 3.83. The first-order valence-corrected chi connectivity index (χ1v) is 6.05. The first-order valence-electron chi connectivity index (χ1n) is 6.05. The van der Waals surface area contributed by atoms with Crippen molar-refractivity contribution in [2.24, 2.45) is 0 Å². The van der Waals surface area contributed by atoms with E-state index in [4.69, 9.17) is 0 Å². The van der Waals surface area contributed by atoms with Crippen molar-refractivity contribution in [1.82, 2.24) is 4.90 Å². The van der Waals surface area contributed by atoms with E-state index < -0.39 is 0 Å². The molecule has 2 aromatic carbocycles. The van der Waals surface area contributed by atoms with Gasteiger partial charge in [0, 0.05) is 11.4 Å². The molecule has 0 radical (unpaired) electrons. The van der Waals surface area contributed by atoms with Gasteiger partial charge in [-0.2, -0.15) is 0 Å². The van der Waals surface area contributed by atoms with E-state index >= 15 is 0 Å². The quantitative estimate of drug-likeness (QED) is 0.809. The second-order valence-electron chi connectivity index (χ2n) is 5.11. The summed E-state index contributed by atoms with van der Waals surface area (Å²) in [7, 11) is 4.27. The maximum Gasteiger partial charge on any atom is 0.123 e. The third kappa shape index (κ3) is 1.60. The minimum Gasteiger partial charge on any atom is -0.507 e. The van der Waals surface area contributed by atoms with Gasteiger partial charge in [-0.3, -0.25) is 0 Å². The molecule has 1 N–H and O–H groups in total. The van der Waals surface area contributed by atoms with E-state index in [2.05, 4.69) is 31.1 Å². The van der Waals surface area contributed by atoms with Gasteiger partial charge in [0.05, 0.1) is 0 Å². The van der Waals surface area contributed by atoms with Crippen molar-refractivity contribution in [3.63, 3.8) is 0 Å². The number of hydrogen-bond acceptors (Lipinski definition) is 2. The summed E-state index contributed by atoms with van der Waals surface area (Å²) in [6, 6.07) is 10.7. The predicted octanol–water partition coefficient (Wildman–Crippen LogP) is 2.57. The lowest BCUT2D eigenvalue weighted by Gasteiger charge is -2.30. The number of likely N-dealkylation sites (N-methyl/N-ethyl adjacent to an activating group) is 1. The van der Waals surface area contributed by atoms with Gasteiger partial charge in [-0.15, -0.1) is 0 Å². The van der Waals surface area contributed by atoms with Crippen molar-refractivity contribution in [3.8, 4) is 5.75 Å². The van der Waals surface area contributed by atoms with Gasteiger partial charge in [0.25, 0.3) is 0 Å². The van der Waals surface area contributed by atoms with E-state index in [1.165, 1.54) is 16.5 Å². The number of benzene rings is 2. The number of aromatic hydroxyl groups is 1. The summed E-state index contributed by atoms with van der Waals surface area (Å²) in [5.41, 5.74) is 2.72. The summed E-state index contributed by atoms with van der Waals surface area (Å²) in [6.45, 7) is 0. The fourth-order valence-electron chi connectivity index (χ4n) is 2.83. The highest BCUT2D eigenvalue weighted by Gasteiger charge is 2.22. The van der Waals surface area contributed by atoms with Crippen LogP contribution in [-0.4, -0.2) is 30.1 Å². The third-order valence-electron chi connectivity index (χ3n) is 3.83. The number of phenolic OH excluding ortho intramolecular Hbond substituents is 1. The summed E-state index contributed by atoms with van der Waals surface area (Å²) in [6.07, 6.45) is 2.14. The molecule has 0 aliphatic heterocycles. The van der Waals surface area contributed by atoms with Crippen LogP contribution in [0.25, 0.3) is 10.8 Å². The van der Waals surface area contributed by atoms with Crippen molar-refractivity contribution in [2.75, 3.05) is 14.1 Å². The van der Waals surface area contributed by atoms with Gasteiger partial charge in [0.1, 0.15) is 5.75 Å². The molecule has 0 saturated heterocycles. The Kier molecular flexibility index (Phi) is 2.33. The van der Waals surface area contributed by atoms with Crippen molar-refractivity contribution >= 4 is 10.8 Å². The van der Waals surface area contributed by atoms with E-state index in [0.29, 0.717) is 11.8 Å². The molecule has 1 atom stereocenters. The molecule has 1 aliphatic carbocycles. The fourth-order valence-corrected chi connectivity index (χ4v) is 2.83. The minimum atomic E-state index is 0.397. The van der Waals surface area contributed by atoms with E-state index in [1.54, 1.807) is 0 Å². The second kappa shape index (κ2) is 3.74. The Morgan fingerprint density at radius 2 is 1.76 bits per heavy atom.